The molecule has 0 aliphatic rings. The Labute approximate surface area is 373 Å². The highest BCUT2D eigenvalue weighted by atomic mass is 19.4. The molecule has 0 aromatic heterocycles. The Morgan fingerprint density at radius 1 is 0.391 bits per heavy atom. The van der Waals surface area contributed by atoms with Crippen molar-refractivity contribution in [3.8, 4) is 17.2 Å². The largest absolute Gasteiger partial charge is 0.494 e. The van der Waals surface area contributed by atoms with E-state index in [2.05, 4.69) is 4.99 Å². The molecule has 398 valence electrons. The molecule has 0 fully saturated rings. The molecule has 30 heteroatoms. The minimum atomic E-state index is -8.12. The van der Waals surface area contributed by atoms with Crippen molar-refractivity contribution in [2.45, 2.75) is 143 Å². The lowest BCUT2D eigenvalue weighted by Crippen LogP contribution is -2.70. The second-order valence-electron chi connectivity index (χ2n) is 15.0. The summed E-state index contributed by atoms with van der Waals surface area (Å²) in [5, 5.41) is 0. The third kappa shape index (κ3) is 12.6. The number of hydrogen-bond donors (Lipinski definition) is 0. The van der Waals surface area contributed by atoms with Crippen LogP contribution in [0.3, 0.4) is 0 Å². The highest BCUT2D eigenvalue weighted by molar-refractivity contribution is 5.83. The predicted octanol–water partition coefficient (Wildman–Crippen LogP) is 16.0. The second kappa shape index (κ2) is 21.6. The summed E-state index contributed by atoms with van der Waals surface area (Å²) in [6.45, 7) is 0.456. The first kappa shape index (κ1) is 60.8. The van der Waals surface area contributed by atoms with Crippen molar-refractivity contribution < 1.29 is 128 Å². The monoisotopic (exact) mass is 1060 g/mol. The van der Waals surface area contributed by atoms with Gasteiger partial charge in [0.05, 0.1) is 25.5 Å². The quantitative estimate of drug-likeness (QED) is 0.0484. The number of nitrogens with zero attached hydrogens (tertiary/aromatic N) is 1. The maximum Gasteiger partial charge on any atom is 0.460 e. The molecule has 0 unspecified atom stereocenters. The van der Waals surface area contributed by atoms with E-state index in [1.807, 2.05) is 6.92 Å². The number of hydrogen-bond acceptors (Lipinski definition) is 4. The van der Waals surface area contributed by atoms with Crippen LogP contribution >= 0.6 is 0 Å². The Hall–Kier alpha value is -4.31. The Morgan fingerprint density at radius 2 is 0.768 bits per heavy atom. The number of halogens is 26. The average molecular weight is 1060 g/mol. The van der Waals surface area contributed by atoms with Gasteiger partial charge < -0.3 is 14.2 Å². The minimum Gasteiger partial charge on any atom is -0.494 e. The Morgan fingerprint density at radius 3 is 1.17 bits per heavy atom. The van der Waals surface area contributed by atoms with Crippen molar-refractivity contribution in [3.05, 3.63) is 48.0 Å². The molecule has 2 aromatic rings. The first-order valence-corrected chi connectivity index (χ1v) is 19.6. The van der Waals surface area contributed by atoms with Crippen LogP contribution in [0.2, 0.25) is 0 Å². The Kier molecular flexibility index (Phi) is 19.0. The zero-order valence-corrected chi connectivity index (χ0v) is 34.8. The number of aliphatic imine (C=N–C) groups is 1. The van der Waals surface area contributed by atoms with Gasteiger partial charge in [0.1, 0.15) is 5.75 Å². The number of ether oxygens (including phenoxy) is 3. The molecule has 0 saturated carbocycles. The molecule has 0 spiro atoms. The topological polar surface area (TPSA) is 40.0 Å². The lowest BCUT2D eigenvalue weighted by molar-refractivity contribution is -0.440. The lowest BCUT2D eigenvalue weighted by atomic mass is 9.92. The van der Waals surface area contributed by atoms with E-state index in [0.29, 0.717) is 12.4 Å². The van der Waals surface area contributed by atoms with Crippen LogP contribution in [0.15, 0.2) is 47.5 Å². The fourth-order valence-electron chi connectivity index (χ4n) is 5.51. The van der Waals surface area contributed by atoms with Crippen molar-refractivity contribution in [3.63, 3.8) is 0 Å². The van der Waals surface area contributed by atoms with Crippen molar-refractivity contribution in [2.75, 3.05) is 19.8 Å². The number of unbranched alkanes of at least 4 members (excludes halogenated alkanes) is 5. The third-order valence-electron chi connectivity index (χ3n) is 9.72. The predicted molar refractivity (Wildman–Crippen MR) is 190 cm³/mol. The van der Waals surface area contributed by atoms with Crippen molar-refractivity contribution in [1.82, 2.24) is 0 Å². The smallest absolute Gasteiger partial charge is 0.460 e. The average Bonchev–Trinajstić information content (AvgIpc) is 3.22. The van der Waals surface area contributed by atoms with Crippen molar-refractivity contribution in [2.24, 2.45) is 4.99 Å². The summed E-state index contributed by atoms with van der Waals surface area (Å²) in [5.41, 5.74) is 0.312. The summed E-state index contributed by atoms with van der Waals surface area (Å²) in [4.78, 5) is 4.14. The summed E-state index contributed by atoms with van der Waals surface area (Å²) < 4.78 is 365. The summed E-state index contributed by atoms with van der Waals surface area (Å²) in [6, 6.07) is 9.11. The zero-order valence-electron chi connectivity index (χ0n) is 34.8. The van der Waals surface area contributed by atoms with Crippen LogP contribution in [-0.4, -0.2) is 97.6 Å². The summed E-state index contributed by atoms with van der Waals surface area (Å²) in [5.74, 6) is -76.7. The van der Waals surface area contributed by atoms with Gasteiger partial charge in [-0.05, 0) is 80.1 Å². The minimum absolute atomic E-state index is 0.0364. The van der Waals surface area contributed by atoms with Gasteiger partial charge in [-0.25, -0.2) is 0 Å². The van der Waals surface area contributed by atoms with E-state index in [9.17, 15) is 114 Å². The van der Waals surface area contributed by atoms with E-state index in [1.54, 1.807) is 0 Å². The Balaban J connectivity index is 2.28. The fraction of sp³-hybridized carbons (Fsp3) is 0.667. The van der Waals surface area contributed by atoms with Gasteiger partial charge in [0.25, 0.3) is 0 Å². The molecule has 0 amide bonds. The fourth-order valence-corrected chi connectivity index (χ4v) is 5.51. The van der Waals surface area contributed by atoms with Gasteiger partial charge in [-0.2, -0.15) is 114 Å². The lowest BCUT2D eigenvalue weighted by Gasteiger charge is -2.39. The summed E-state index contributed by atoms with van der Waals surface area (Å²) in [6.07, 6.45) is -20.5. The van der Waals surface area contributed by atoms with Gasteiger partial charge in [0.2, 0.25) is 0 Å². The normalized spacial score (nSPS) is 14.7. The SMILES string of the molecule is CCCCCCOc1ccc(N=Cc2ccc(OCCCCC(F)(F)C(F)(F)C(F)(F)C(F)(F)C(F)(F)C(F)(F)F)c(OCCCCC(F)(F)C(F)(F)C(F)(F)C(F)(F)C(F)(F)C(F)(F)F)c2)cc1. The van der Waals surface area contributed by atoms with E-state index in [1.165, 1.54) is 24.3 Å². The van der Waals surface area contributed by atoms with Gasteiger partial charge in [-0.1, -0.05) is 26.2 Å². The molecule has 4 nitrogen and oxygen atoms in total. The van der Waals surface area contributed by atoms with Crippen LogP contribution in [0, 0.1) is 0 Å². The van der Waals surface area contributed by atoms with Crippen LogP contribution in [0.4, 0.5) is 120 Å². The summed E-state index contributed by atoms with van der Waals surface area (Å²) >= 11 is 0. The van der Waals surface area contributed by atoms with Crippen molar-refractivity contribution in [1.29, 1.82) is 0 Å². The molecule has 0 heterocycles. The molecule has 0 aliphatic heterocycles. The molecule has 0 N–H and O–H groups in total. The van der Waals surface area contributed by atoms with Crippen molar-refractivity contribution >= 4 is 11.9 Å². The van der Waals surface area contributed by atoms with E-state index in [4.69, 9.17) is 14.2 Å². The molecule has 0 atom stereocenters. The number of rotatable bonds is 28. The van der Waals surface area contributed by atoms with E-state index in [0.717, 1.165) is 50.1 Å². The maximum absolute atomic E-state index is 14.3. The van der Waals surface area contributed by atoms with Crippen LogP contribution in [0.25, 0.3) is 0 Å². The van der Waals surface area contributed by atoms with Crippen LogP contribution < -0.4 is 14.2 Å². The second-order valence-corrected chi connectivity index (χ2v) is 15.0. The van der Waals surface area contributed by atoms with E-state index in [-0.39, 0.29) is 11.3 Å². The number of benzene rings is 2. The highest BCUT2D eigenvalue weighted by Gasteiger charge is 2.92. The Bertz CT molecular complexity index is 1960. The maximum atomic E-state index is 14.3. The van der Waals surface area contributed by atoms with Crippen LogP contribution in [-0.2, 0) is 0 Å². The molecule has 69 heavy (non-hydrogen) atoms. The third-order valence-corrected chi connectivity index (χ3v) is 9.72. The molecule has 0 radical (unpaired) electrons. The van der Waals surface area contributed by atoms with Gasteiger partial charge in [-0.3, -0.25) is 4.99 Å². The zero-order chi connectivity index (χ0) is 53.6. The van der Waals surface area contributed by atoms with Gasteiger partial charge in [0, 0.05) is 19.1 Å². The highest BCUT2D eigenvalue weighted by Crippen LogP contribution is 2.62. The molecule has 2 aromatic carbocycles. The molecule has 2 rings (SSSR count). The molecule has 0 aliphatic carbocycles. The first-order valence-electron chi connectivity index (χ1n) is 19.6. The molecular formula is C39H37F26NO3. The molecular weight excluding hydrogens is 1020 g/mol. The molecule has 0 saturated heterocycles. The standard InChI is InChI=1S/C39H37F26NO3/c1-2-3-4-7-18-67-25-13-11-24(12-14-25)66-22-23-10-15-26(68-19-8-5-16-28(40,41)30(44,45)32(48,49)34(52,53)36(56,57)38(60,61)62)27(21-23)69-20-9-6-17-29(42,43)31(46,47)33(50,51)35(54,55)37(58,59)39(63,64)65/h10-15,21-22H,2-9,16-20H2,1H3. The van der Waals surface area contributed by atoms with Crippen LogP contribution in [0.1, 0.15) is 76.7 Å². The number of alkyl halides is 26. The summed E-state index contributed by atoms with van der Waals surface area (Å²) in [7, 11) is 0. The van der Waals surface area contributed by atoms with Gasteiger partial charge >= 0.3 is 71.6 Å². The first-order chi connectivity index (χ1) is 31.1. The van der Waals surface area contributed by atoms with Crippen LogP contribution in [0.5, 0.6) is 17.2 Å². The van der Waals surface area contributed by atoms with Gasteiger partial charge in [-0.15, -0.1) is 0 Å². The van der Waals surface area contributed by atoms with E-state index < -0.39 is 135 Å². The van der Waals surface area contributed by atoms with Gasteiger partial charge in [0.15, 0.2) is 11.5 Å². The van der Waals surface area contributed by atoms with E-state index >= 15 is 0 Å². The molecule has 0 bridgehead atoms.